The van der Waals surface area contributed by atoms with Gasteiger partial charge in [-0.05, 0) is 48.4 Å². The van der Waals surface area contributed by atoms with Gasteiger partial charge in [-0.2, -0.15) is 0 Å². The molecule has 7 nitrogen and oxygen atoms in total. The van der Waals surface area contributed by atoms with Gasteiger partial charge in [-0.25, -0.2) is 19.9 Å². The Morgan fingerprint density at radius 3 is 2.82 bits per heavy atom. The van der Waals surface area contributed by atoms with Crippen LogP contribution in [0.25, 0.3) is 22.3 Å². The van der Waals surface area contributed by atoms with E-state index in [9.17, 15) is 0 Å². The fourth-order valence-electron chi connectivity index (χ4n) is 4.90. The predicted molar refractivity (Wildman–Crippen MR) is 127 cm³/mol. The summed E-state index contributed by atoms with van der Waals surface area (Å²) >= 11 is 0. The molecule has 0 bridgehead atoms. The molecule has 4 aromatic rings. The van der Waals surface area contributed by atoms with E-state index in [1.54, 1.807) is 18.7 Å². The highest BCUT2D eigenvalue weighted by atomic mass is 16.5. The summed E-state index contributed by atoms with van der Waals surface area (Å²) in [5.41, 5.74) is 7.46. The molecule has 0 fully saturated rings. The van der Waals surface area contributed by atoms with Crippen LogP contribution in [-0.2, 0) is 19.4 Å². The highest BCUT2D eigenvalue weighted by Crippen LogP contribution is 2.38. The molecular weight excluding hydrogens is 412 g/mol. The quantitative estimate of drug-likeness (QED) is 0.459. The Hall–Kier alpha value is -3.61. The Kier molecular flexibility index (Phi) is 4.71. The molecule has 0 saturated heterocycles. The maximum absolute atomic E-state index is 6.12. The Morgan fingerprint density at radius 2 is 1.88 bits per heavy atom. The molecule has 0 radical (unpaired) electrons. The van der Waals surface area contributed by atoms with Gasteiger partial charge in [0.25, 0.3) is 0 Å². The lowest BCUT2D eigenvalue weighted by molar-refractivity contribution is 0.310. The van der Waals surface area contributed by atoms with E-state index in [0.29, 0.717) is 12.3 Å². The number of benzene rings is 1. The van der Waals surface area contributed by atoms with E-state index in [1.165, 1.54) is 11.3 Å². The molecule has 166 valence electrons. The van der Waals surface area contributed by atoms with Crippen LogP contribution in [0.15, 0.2) is 49.2 Å². The Labute approximate surface area is 192 Å². The molecule has 0 spiro atoms. The van der Waals surface area contributed by atoms with Crippen LogP contribution < -0.4 is 9.64 Å². The number of ether oxygens (including phenoxy) is 1. The van der Waals surface area contributed by atoms with Gasteiger partial charge in [-0.15, -0.1) is 0 Å². The van der Waals surface area contributed by atoms with E-state index in [4.69, 9.17) is 9.72 Å². The first-order valence-electron chi connectivity index (χ1n) is 11.5. The zero-order chi connectivity index (χ0) is 22.4. The Bertz CT molecular complexity index is 1350. The molecule has 2 aliphatic rings. The monoisotopic (exact) mass is 438 g/mol. The molecule has 1 aliphatic heterocycles. The van der Waals surface area contributed by atoms with E-state index in [1.807, 2.05) is 12.3 Å². The van der Waals surface area contributed by atoms with Crippen molar-refractivity contribution in [1.29, 1.82) is 0 Å². The third-order valence-corrected chi connectivity index (χ3v) is 6.70. The largest absolute Gasteiger partial charge is 0.491 e. The van der Waals surface area contributed by atoms with Crippen LogP contribution in [0.3, 0.4) is 0 Å². The first-order chi connectivity index (χ1) is 16.1. The van der Waals surface area contributed by atoms with Crippen LogP contribution in [0.2, 0.25) is 0 Å². The number of nitrogens with zero attached hydrogens (tertiary/aromatic N) is 6. The average Bonchev–Trinajstić information content (AvgIpc) is 3.04. The van der Waals surface area contributed by atoms with Crippen LogP contribution in [0.4, 0.5) is 5.82 Å². The van der Waals surface area contributed by atoms with Crippen molar-refractivity contribution in [2.24, 2.45) is 5.41 Å². The second-order valence-corrected chi connectivity index (χ2v) is 9.68. The summed E-state index contributed by atoms with van der Waals surface area (Å²) in [6, 6.07) is 8.39. The van der Waals surface area contributed by atoms with Crippen molar-refractivity contribution in [3.8, 4) is 16.9 Å². The molecule has 7 heteroatoms. The minimum atomic E-state index is 0.270. The first kappa shape index (κ1) is 20.0. The van der Waals surface area contributed by atoms with Crippen molar-refractivity contribution in [2.45, 2.75) is 39.7 Å². The number of pyridine rings is 1. The van der Waals surface area contributed by atoms with E-state index in [0.717, 1.165) is 66.1 Å². The van der Waals surface area contributed by atoms with Gasteiger partial charge in [-0.3, -0.25) is 4.98 Å². The normalized spacial score (nSPS) is 17.1. The van der Waals surface area contributed by atoms with E-state index in [-0.39, 0.29) is 5.41 Å². The maximum Gasteiger partial charge on any atom is 0.178 e. The number of aromatic nitrogens is 5. The summed E-state index contributed by atoms with van der Waals surface area (Å²) in [5, 5.41) is 0. The topological polar surface area (TPSA) is 76.9 Å². The summed E-state index contributed by atoms with van der Waals surface area (Å²) < 4.78 is 6.12. The van der Waals surface area contributed by atoms with E-state index >= 15 is 0 Å². The number of hydrogen-bond donors (Lipinski definition) is 0. The van der Waals surface area contributed by atoms with Gasteiger partial charge >= 0.3 is 0 Å². The average molecular weight is 439 g/mol. The standard InChI is InChI=1S/C26H26N6O/c1-26(2)6-5-21-20(13-26)25(31-16-30-21)32-9-10-33-23-4-3-17(11-19(23)15-32)18-12-22-24(29-14-18)28-8-7-27-22/h3-4,7-8,11-12,14,16H,5-6,9-10,13,15H2,1-2H3. The second kappa shape index (κ2) is 7.76. The Balaban J connectivity index is 1.36. The predicted octanol–water partition coefficient (Wildman–Crippen LogP) is 4.40. The number of rotatable bonds is 2. The molecular formula is C26H26N6O. The molecule has 0 unspecified atom stereocenters. The molecule has 0 N–H and O–H groups in total. The van der Waals surface area contributed by atoms with Gasteiger partial charge in [-0.1, -0.05) is 19.9 Å². The summed E-state index contributed by atoms with van der Waals surface area (Å²) in [5.74, 6) is 1.98. The zero-order valence-corrected chi connectivity index (χ0v) is 19.0. The van der Waals surface area contributed by atoms with Crippen molar-refractivity contribution < 1.29 is 4.74 Å². The third kappa shape index (κ3) is 3.77. The lowest BCUT2D eigenvalue weighted by Gasteiger charge is -2.33. The Morgan fingerprint density at radius 1 is 0.970 bits per heavy atom. The smallest absolute Gasteiger partial charge is 0.178 e. The molecule has 3 aromatic heterocycles. The summed E-state index contributed by atoms with van der Waals surface area (Å²) in [7, 11) is 0. The summed E-state index contributed by atoms with van der Waals surface area (Å²) in [6.07, 6.45) is 10.1. The SMILES string of the molecule is CC1(C)CCc2ncnc(N3CCOc4ccc(-c5cnc6nccnc6c5)cc4C3)c2C1. The van der Waals surface area contributed by atoms with Crippen molar-refractivity contribution in [3.63, 3.8) is 0 Å². The van der Waals surface area contributed by atoms with Crippen molar-refractivity contribution >= 4 is 17.0 Å². The molecule has 0 saturated carbocycles. The lowest BCUT2D eigenvalue weighted by atomic mass is 9.76. The maximum atomic E-state index is 6.12. The van der Waals surface area contributed by atoms with Crippen LogP contribution in [0.1, 0.15) is 37.1 Å². The van der Waals surface area contributed by atoms with Crippen molar-refractivity contribution in [2.75, 3.05) is 18.1 Å². The van der Waals surface area contributed by atoms with Gasteiger partial charge in [0.2, 0.25) is 0 Å². The van der Waals surface area contributed by atoms with Crippen LogP contribution in [0.5, 0.6) is 5.75 Å². The molecule has 0 atom stereocenters. The number of aryl methyl sites for hydroxylation is 1. The first-order valence-corrected chi connectivity index (χ1v) is 11.5. The minimum absolute atomic E-state index is 0.270. The highest BCUT2D eigenvalue weighted by Gasteiger charge is 2.30. The van der Waals surface area contributed by atoms with Gasteiger partial charge in [0.1, 0.15) is 30.0 Å². The van der Waals surface area contributed by atoms with Gasteiger partial charge in [0.05, 0.1) is 6.54 Å². The van der Waals surface area contributed by atoms with Gasteiger partial charge in [0, 0.05) is 47.5 Å². The van der Waals surface area contributed by atoms with E-state index in [2.05, 4.69) is 56.9 Å². The van der Waals surface area contributed by atoms with Crippen molar-refractivity contribution in [3.05, 3.63) is 66.0 Å². The molecule has 4 heterocycles. The summed E-state index contributed by atoms with van der Waals surface area (Å²) in [6.45, 7) is 6.83. The van der Waals surface area contributed by atoms with Gasteiger partial charge < -0.3 is 9.64 Å². The second-order valence-electron chi connectivity index (χ2n) is 9.68. The fourth-order valence-corrected chi connectivity index (χ4v) is 4.90. The molecule has 6 rings (SSSR count). The van der Waals surface area contributed by atoms with Crippen molar-refractivity contribution in [1.82, 2.24) is 24.9 Å². The number of anilines is 1. The molecule has 1 aliphatic carbocycles. The fraction of sp³-hybridized carbons (Fsp3) is 0.346. The van der Waals surface area contributed by atoms with Crippen LogP contribution >= 0.6 is 0 Å². The van der Waals surface area contributed by atoms with Crippen LogP contribution in [-0.4, -0.2) is 38.1 Å². The van der Waals surface area contributed by atoms with Crippen LogP contribution in [0, 0.1) is 5.41 Å². The molecule has 0 amide bonds. The third-order valence-electron chi connectivity index (χ3n) is 6.70. The molecule has 1 aromatic carbocycles. The summed E-state index contributed by atoms with van der Waals surface area (Å²) in [4.78, 5) is 24.9. The molecule has 33 heavy (non-hydrogen) atoms. The number of hydrogen-bond acceptors (Lipinski definition) is 7. The zero-order valence-electron chi connectivity index (χ0n) is 19.0. The highest BCUT2D eigenvalue weighted by molar-refractivity contribution is 5.77. The minimum Gasteiger partial charge on any atom is -0.491 e. The number of fused-ring (bicyclic) bond motifs is 3. The lowest BCUT2D eigenvalue weighted by Crippen LogP contribution is -2.31. The van der Waals surface area contributed by atoms with Gasteiger partial charge in [0.15, 0.2) is 5.65 Å². The van der Waals surface area contributed by atoms with E-state index < -0.39 is 0 Å².